The molecule has 0 aliphatic carbocycles. The van der Waals surface area contributed by atoms with Gasteiger partial charge in [-0.2, -0.15) is 0 Å². The monoisotopic (exact) mass is 995 g/mol. The van der Waals surface area contributed by atoms with Crippen LogP contribution in [-0.4, -0.2) is 225 Å². The zero-order valence-electron chi connectivity index (χ0n) is 42.5. The highest BCUT2D eigenvalue weighted by Gasteiger charge is 2.50. The Kier molecular flexibility index (Phi) is 48.9. The Balaban J connectivity index is 5.66. The number of methoxy groups -OCH3 is 6. The molecule has 0 fully saturated rings. The van der Waals surface area contributed by atoms with Crippen LogP contribution in [0, 0.1) is 0 Å². The molecule has 0 saturated carbocycles. The fourth-order valence-corrected chi connectivity index (χ4v) is 12.9. The Labute approximate surface area is 401 Å². The number of hydrogen-bond donors (Lipinski definition) is 0. The van der Waals surface area contributed by atoms with Gasteiger partial charge in [-0.25, -0.2) is 0 Å². The molecular formula is C45H94O19Si2. The first-order valence-corrected chi connectivity index (χ1v) is 27.7. The smallest absolute Gasteiger partial charge is 0.382 e. The molecule has 0 aromatic rings. The van der Waals surface area contributed by atoms with E-state index in [1.54, 1.807) is 42.7 Å². The molecule has 0 amide bonds. The Morgan fingerprint density at radius 2 is 0.530 bits per heavy atom. The minimum Gasteiger partial charge on any atom is -0.382 e. The molecular weight excluding hydrogens is 901 g/mol. The van der Waals surface area contributed by atoms with E-state index in [1.807, 2.05) is 0 Å². The van der Waals surface area contributed by atoms with Crippen LogP contribution in [0.5, 0.6) is 0 Å². The topological polar surface area (TPSA) is 183 Å². The number of ketones is 1. The molecule has 0 saturated heterocycles. The molecule has 0 aromatic heterocycles. The largest absolute Gasteiger partial charge is 0.504 e. The van der Waals surface area contributed by atoms with Crippen molar-refractivity contribution in [3.63, 3.8) is 0 Å². The Morgan fingerprint density at radius 3 is 0.727 bits per heavy atom. The summed E-state index contributed by atoms with van der Waals surface area (Å²) in [7, 11) is 3.25. The van der Waals surface area contributed by atoms with Gasteiger partial charge in [0.25, 0.3) is 0 Å². The van der Waals surface area contributed by atoms with Crippen molar-refractivity contribution in [2.75, 3.05) is 201 Å². The molecule has 0 heterocycles. The van der Waals surface area contributed by atoms with Crippen molar-refractivity contribution in [1.82, 2.24) is 0 Å². The van der Waals surface area contributed by atoms with E-state index in [0.717, 1.165) is 51.4 Å². The van der Waals surface area contributed by atoms with Gasteiger partial charge in [0.2, 0.25) is 0 Å². The standard InChI is InChI=1S/C45H94O19Si2/c1-9-44(65(59-37-31-53-25-19-47-3,60-38-32-54-26-20-48-4)61-39-33-55-27-21-49-5)17-13-11-15-43(46)16-12-14-18-45(10-2)66(62-40-34-56-28-22-50-6,63-41-35-57-29-23-51-7)64-42-36-58-30-24-52-8/h44-45H,9-42H2,1-8H3. The highest BCUT2D eigenvalue weighted by molar-refractivity contribution is 6.62. The van der Waals surface area contributed by atoms with E-state index in [4.69, 9.17) is 83.4 Å². The Bertz CT molecular complexity index is 855. The van der Waals surface area contributed by atoms with E-state index >= 15 is 0 Å². The third kappa shape index (κ3) is 35.5. The van der Waals surface area contributed by atoms with Crippen LogP contribution in [0.25, 0.3) is 0 Å². The zero-order valence-corrected chi connectivity index (χ0v) is 44.5. The molecule has 2 unspecified atom stereocenters. The molecule has 19 nitrogen and oxygen atoms in total. The summed E-state index contributed by atoms with van der Waals surface area (Å²) in [5, 5.41) is 0. The van der Waals surface area contributed by atoms with Gasteiger partial charge >= 0.3 is 17.6 Å². The molecule has 0 aliphatic rings. The second-order valence-corrected chi connectivity index (χ2v) is 20.9. The van der Waals surface area contributed by atoms with Gasteiger partial charge in [0.05, 0.1) is 159 Å². The maximum absolute atomic E-state index is 13.3. The molecule has 2 atom stereocenters. The molecule has 0 bridgehead atoms. The van der Waals surface area contributed by atoms with Crippen LogP contribution in [0.2, 0.25) is 11.1 Å². The molecule has 0 aliphatic heterocycles. The molecule has 396 valence electrons. The molecule has 0 N–H and O–H groups in total. The van der Waals surface area contributed by atoms with Gasteiger partial charge in [0.15, 0.2) is 0 Å². The molecule has 0 radical (unpaired) electrons. The van der Waals surface area contributed by atoms with Crippen molar-refractivity contribution in [3.05, 3.63) is 0 Å². The van der Waals surface area contributed by atoms with Crippen LogP contribution in [0.1, 0.15) is 78.1 Å². The van der Waals surface area contributed by atoms with Crippen LogP contribution in [0.3, 0.4) is 0 Å². The minimum absolute atomic E-state index is 0.00245. The third-order valence-electron chi connectivity index (χ3n) is 10.3. The van der Waals surface area contributed by atoms with Crippen molar-refractivity contribution in [2.45, 2.75) is 89.1 Å². The van der Waals surface area contributed by atoms with Crippen molar-refractivity contribution in [3.8, 4) is 0 Å². The van der Waals surface area contributed by atoms with Crippen LogP contribution < -0.4 is 0 Å². The van der Waals surface area contributed by atoms with Crippen LogP contribution in [-0.2, 0) is 88.2 Å². The highest BCUT2D eigenvalue weighted by atomic mass is 28.4. The number of carbonyl (C=O) groups is 1. The van der Waals surface area contributed by atoms with Crippen LogP contribution >= 0.6 is 0 Å². The molecule has 0 rings (SSSR count). The number of carbonyl (C=O) groups excluding carboxylic acids is 1. The highest BCUT2D eigenvalue weighted by Crippen LogP contribution is 2.36. The number of unbranched alkanes of at least 4 members (excludes halogenated alkanes) is 2. The van der Waals surface area contributed by atoms with Gasteiger partial charge in [-0.15, -0.1) is 0 Å². The lowest BCUT2D eigenvalue weighted by molar-refractivity contribution is -0.119. The Hall–Kier alpha value is -0.616. The lowest BCUT2D eigenvalue weighted by Gasteiger charge is -2.36. The summed E-state index contributed by atoms with van der Waals surface area (Å²) >= 11 is 0. The molecule has 0 spiro atoms. The van der Waals surface area contributed by atoms with Crippen LogP contribution in [0.4, 0.5) is 0 Å². The van der Waals surface area contributed by atoms with Gasteiger partial charge in [-0.05, 0) is 38.5 Å². The second kappa shape index (κ2) is 49.4. The summed E-state index contributed by atoms with van der Waals surface area (Å²) in [5.74, 6) is 0.250. The number of ether oxygens (including phenoxy) is 12. The number of Topliss-reactive ketones (excluding diaryl/α,β-unsaturated/α-hetero) is 1. The van der Waals surface area contributed by atoms with E-state index in [1.165, 1.54) is 0 Å². The van der Waals surface area contributed by atoms with E-state index in [9.17, 15) is 4.79 Å². The maximum Gasteiger partial charge on any atom is 0.504 e. The maximum atomic E-state index is 13.3. The fourth-order valence-electron chi connectivity index (χ4n) is 6.69. The first-order valence-electron chi connectivity index (χ1n) is 24.1. The lowest BCUT2D eigenvalue weighted by Crippen LogP contribution is -2.52. The average Bonchev–Trinajstić information content (AvgIpc) is 3.32. The van der Waals surface area contributed by atoms with Gasteiger partial charge in [0, 0.05) is 66.6 Å². The summed E-state index contributed by atoms with van der Waals surface area (Å²) < 4.78 is 105. The van der Waals surface area contributed by atoms with E-state index in [-0.39, 0.29) is 16.9 Å². The van der Waals surface area contributed by atoms with E-state index < -0.39 is 17.6 Å². The summed E-state index contributed by atoms with van der Waals surface area (Å²) in [4.78, 5) is 13.3. The van der Waals surface area contributed by atoms with E-state index in [0.29, 0.717) is 171 Å². The summed E-state index contributed by atoms with van der Waals surface area (Å²) in [6.45, 7) is 14.1. The third-order valence-corrected chi connectivity index (χ3v) is 17.3. The van der Waals surface area contributed by atoms with Crippen molar-refractivity contribution >= 4 is 23.4 Å². The van der Waals surface area contributed by atoms with Gasteiger partial charge in [0.1, 0.15) is 5.78 Å². The normalized spacial score (nSPS) is 13.2. The van der Waals surface area contributed by atoms with Gasteiger partial charge in [-0.3, -0.25) is 4.79 Å². The quantitative estimate of drug-likeness (QED) is 0.0573. The summed E-state index contributed by atoms with van der Waals surface area (Å²) in [6, 6.07) is 0. The van der Waals surface area contributed by atoms with E-state index in [2.05, 4.69) is 13.8 Å². The summed E-state index contributed by atoms with van der Waals surface area (Å²) in [6.07, 6.45) is 7.30. The van der Waals surface area contributed by atoms with Gasteiger partial charge in [-0.1, -0.05) is 26.7 Å². The first-order chi connectivity index (χ1) is 32.4. The average molecular weight is 995 g/mol. The predicted molar refractivity (Wildman–Crippen MR) is 253 cm³/mol. The first kappa shape index (κ1) is 65.4. The van der Waals surface area contributed by atoms with Crippen molar-refractivity contribution in [1.29, 1.82) is 0 Å². The Morgan fingerprint density at radius 1 is 0.318 bits per heavy atom. The predicted octanol–water partition coefficient (Wildman–Crippen LogP) is 5.19. The van der Waals surface area contributed by atoms with Gasteiger partial charge < -0.3 is 83.4 Å². The molecule has 21 heteroatoms. The number of hydrogen-bond acceptors (Lipinski definition) is 19. The molecule has 66 heavy (non-hydrogen) atoms. The second-order valence-electron chi connectivity index (χ2n) is 15.2. The number of rotatable bonds is 56. The zero-order chi connectivity index (χ0) is 48.5. The SMILES string of the molecule is CCC(CCCCC(=O)CCCCC(CC)[Si](OCCOCCOC)(OCCOCCOC)OCCOCCOC)[Si](OCCOCCOC)(OCCOCCOC)OCCOCCOC. The minimum atomic E-state index is -3.30. The van der Waals surface area contributed by atoms with Crippen molar-refractivity contribution in [2.24, 2.45) is 0 Å². The van der Waals surface area contributed by atoms with Crippen LogP contribution in [0.15, 0.2) is 0 Å². The lowest BCUT2D eigenvalue weighted by atomic mass is 10.0. The summed E-state index contributed by atoms with van der Waals surface area (Å²) in [5.41, 5.74) is -0.00490. The van der Waals surface area contributed by atoms with Crippen molar-refractivity contribution < 1.29 is 88.2 Å². The fraction of sp³-hybridized carbons (Fsp3) is 0.978. The molecule has 0 aromatic carbocycles.